The van der Waals surface area contributed by atoms with E-state index in [9.17, 15) is 9.90 Å². The zero-order chi connectivity index (χ0) is 14.7. The molecule has 0 fully saturated rings. The Morgan fingerprint density at radius 2 is 1.75 bits per heavy atom. The number of carboxylic acid groups (broad SMARTS) is 1. The lowest BCUT2D eigenvalue weighted by atomic mass is 10.0. The molecular formula is C15H9Cl3O2. The Morgan fingerprint density at radius 1 is 1.00 bits per heavy atom. The minimum Gasteiger partial charge on any atom is -0.478 e. The van der Waals surface area contributed by atoms with Crippen LogP contribution in [0.2, 0.25) is 15.1 Å². The number of carbonyl (C=O) groups is 1. The molecule has 2 aromatic rings. The van der Waals surface area contributed by atoms with Gasteiger partial charge in [-0.2, -0.15) is 0 Å². The number of aliphatic carboxylic acids is 1. The topological polar surface area (TPSA) is 37.3 Å². The molecule has 0 aliphatic carbocycles. The maximum Gasteiger partial charge on any atom is 0.336 e. The van der Waals surface area contributed by atoms with Gasteiger partial charge in [-0.1, -0.05) is 53.0 Å². The monoisotopic (exact) mass is 326 g/mol. The molecule has 20 heavy (non-hydrogen) atoms. The fourth-order valence-electron chi connectivity index (χ4n) is 1.70. The second-order valence-corrected chi connectivity index (χ2v) is 5.30. The van der Waals surface area contributed by atoms with Crippen LogP contribution < -0.4 is 0 Å². The lowest BCUT2D eigenvalue weighted by molar-refractivity contribution is -0.130. The van der Waals surface area contributed by atoms with E-state index in [0.29, 0.717) is 26.2 Å². The van der Waals surface area contributed by atoms with Crippen LogP contribution in [0.3, 0.4) is 0 Å². The summed E-state index contributed by atoms with van der Waals surface area (Å²) in [5.41, 5.74) is 1.29. The summed E-state index contributed by atoms with van der Waals surface area (Å²) < 4.78 is 0. The van der Waals surface area contributed by atoms with E-state index < -0.39 is 5.97 Å². The van der Waals surface area contributed by atoms with Crippen molar-refractivity contribution < 1.29 is 9.90 Å². The van der Waals surface area contributed by atoms with E-state index in [-0.39, 0.29) is 5.57 Å². The third-order valence-corrected chi connectivity index (χ3v) is 3.59. The van der Waals surface area contributed by atoms with Crippen molar-refractivity contribution in [3.63, 3.8) is 0 Å². The molecule has 0 aliphatic heterocycles. The molecule has 0 saturated carbocycles. The number of halogens is 3. The summed E-state index contributed by atoms with van der Waals surface area (Å²) in [7, 11) is 0. The minimum atomic E-state index is -1.05. The highest BCUT2D eigenvalue weighted by molar-refractivity contribution is 6.42. The zero-order valence-corrected chi connectivity index (χ0v) is 12.4. The maximum absolute atomic E-state index is 11.4. The lowest BCUT2D eigenvalue weighted by Crippen LogP contribution is -1.99. The summed E-state index contributed by atoms with van der Waals surface area (Å²) in [5.74, 6) is -1.05. The van der Waals surface area contributed by atoms with Crippen molar-refractivity contribution >= 4 is 52.4 Å². The molecule has 2 aromatic carbocycles. The molecule has 0 heterocycles. The quantitative estimate of drug-likeness (QED) is 0.616. The molecule has 0 saturated heterocycles. The molecule has 0 spiro atoms. The molecule has 102 valence electrons. The van der Waals surface area contributed by atoms with Crippen LogP contribution in [-0.4, -0.2) is 11.1 Å². The highest BCUT2D eigenvalue weighted by atomic mass is 35.5. The smallest absolute Gasteiger partial charge is 0.336 e. The minimum absolute atomic E-state index is 0.117. The van der Waals surface area contributed by atoms with Crippen LogP contribution in [0.1, 0.15) is 11.1 Å². The van der Waals surface area contributed by atoms with Crippen molar-refractivity contribution in [2.75, 3.05) is 0 Å². The molecule has 2 rings (SSSR count). The van der Waals surface area contributed by atoms with Gasteiger partial charge in [-0.15, -0.1) is 0 Å². The Bertz CT molecular complexity index is 693. The molecule has 0 unspecified atom stereocenters. The number of carboxylic acids is 1. The maximum atomic E-state index is 11.4. The second-order valence-electron chi connectivity index (χ2n) is 4.05. The molecule has 0 atom stereocenters. The molecule has 0 amide bonds. The van der Waals surface area contributed by atoms with E-state index in [1.54, 1.807) is 36.4 Å². The number of hydrogen-bond acceptors (Lipinski definition) is 1. The van der Waals surface area contributed by atoms with Gasteiger partial charge < -0.3 is 5.11 Å². The third-order valence-electron chi connectivity index (χ3n) is 2.62. The van der Waals surface area contributed by atoms with E-state index >= 15 is 0 Å². The normalized spacial score (nSPS) is 11.4. The van der Waals surface area contributed by atoms with E-state index in [1.165, 1.54) is 12.1 Å². The largest absolute Gasteiger partial charge is 0.478 e. The van der Waals surface area contributed by atoms with Crippen molar-refractivity contribution in [1.82, 2.24) is 0 Å². The van der Waals surface area contributed by atoms with Crippen molar-refractivity contribution in [3.8, 4) is 0 Å². The van der Waals surface area contributed by atoms with Gasteiger partial charge in [-0.3, -0.25) is 0 Å². The average Bonchev–Trinajstić information content (AvgIpc) is 2.39. The Labute approximate surface area is 131 Å². The zero-order valence-electron chi connectivity index (χ0n) is 10.1. The summed E-state index contributed by atoms with van der Waals surface area (Å²) >= 11 is 17.6. The Balaban J connectivity index is 2.51. The van der Waals surface area contributed by atoms with E-state index in [1.807, 2.05) is 0 Å². The van der Waals surface area contributed by atoms with Crippen LogP contribution in [0.25, 0.3) is 11.6 Å². The summed E-state index contributed by atoms with van der Waals surface area (Å²) in [6.07, 6.45) is 1.54. The highest BCUT2D eigenvalue weighted by Gasteiger charge is 2.12. The van der Waals surface area contributed by atoms with Crippen LogP contribution in [0.4, 0.5) is 0 Å². The summed E-state index contributed by atoms with van der Waals surface area (Å²) in [6, 6.07) is 11.6. The van der Waals surface area contributed by atoms with E-state index in [0.717, 1.165) is 0 Å². The van der Waals surface area contributed by atoms with Crippen molar-refractivity contribution in [1.29, 1.82) is 0 Å². The molecule has 0 bridgehead atoms. The number of rotatable bonds is 3. The highest BCUT2D eigenvalue weighted by Crippen LogP contribution is 2.27. The summed E-state index contributed by atoms with van der Waals surface area (Å²) in [6.45, 7) is 0. The second kappa shape index (κ2) is 6.31. The predicted molar refractivity (Wildman–Crippen MR) is 83.4 cm³/mol. The van der Waals surface area contributed by atoms with Crippen LogP contribution in [-0.2, 0) is 4.79 Å². The molecule has 0 aromatic heterocycles. The molecule has 1 N–H and O–H groups in total. The standard InChI is InChI=1S/C15H9Cl3O2/c16-11-3-1-2-9(6-11)7-12(15(19)20)10-4-5-13(17)14(18)8-10/h1-8H,(H,19,20)/b12-7-. The lowest BCUT2D eigenvalue weighted by Gasteiger charge is -2.05. The van der Waals surface area contributed by atoms with E-state index in [2.05, 4.69) is 0 Å². The number of hydrogen-bond donors (Lipinski definition) is 1. The van der Waals surface area contributed by atoms with Gasteiger partial charge in [0, 0.05) is 5.02 Å². The van der Waals surface area contributed by atoms with Gasteiger partial charge in [0.2, 0.25) is 0 Å². The Morgan fingerprint density at radius 3 is 2.35 bits per heavy atom. The van der Waals surface area contributed by atoms with Crippen LogP contribution >= 0.6 is 34.8 Å². The first-order valence-corrected chi connectivity index (χ1v) is 6.77. The van der Waals surface area contributed by atoms with Gasteiger partial charge in [0.05, 0.1) is 15.6 Å². The van der Waals surface area contributed by atoms with Crippen molar-refractivity contribution in [3.05, 3.63) is 68.7 Å². The first kappa shape index (κ1) is 14.9. The van der Waals surface area contributed by atoms with Crippen LogP contribution in [0.5, 0.6) is 0 Å². The van der Waals surface area contributed by atoms with Crippen molar-refractivity contribution in [2.24, 2.45) is 0 Å². The Kier molecular flexibility index (Phi) is 4.71. The van der Waals surface area contributed by atoms with Gasteiger partial charge in [0.25, 0.3) is 0 Å². The average molecular weight is 328 g/mol. The van der Waals surface area contributed by atoms with Gasteiger partial charge in [0.1, 0.15) is 0 Å². The first-order chi connectivity index (χ1) is 9.47. The van der Waals surface area contributed by atoms with Gasteiger partial charge in [-0.05, 0) is 41.5 Å². The number of benzene rings is 2. The SMILES string of the molecule is O=C(O)/C(=C\c1cccc(Cl)c1)c1ccc(Cl)c(Cl)c1. The van der Waals surface area contributed by atoms with E-state index in [4.69, 9.17) is 34.8 Å². The first-order valence-electron chi connectivity index (χ1n) is 5.63. The molecule has 0 aliphatic rings. The summed E-state index contributed by atoms with van der Waals surface area (Å²) in [4.78, 5) is 11.4. The van der Waals surface area contributed by atoms with Gasteiger partial charge in [-0.25, -0.2) is 4.79 Å². The third kappa shape index (κ3) is 3.54. The molecule has 2 nitrogen and oxygen atoms in total. The fourth-order valence-corrected chi connectivity index (χ4v) is 2.19. The fraction of sp³-hybridized carbons (Fsp3) is 0. The molecular weight excluding hydrogens is 319 g/mol. The molecule has 0 radical (unpaired) electrons. The van der Waals surface area contributed by atoms with Gasteiger partial charge in [0.15, 0.2) is 0 Å². The van der Waals surface area contributed by atoms with Gasteiger partial charge >= 0.3 is 5.97 Å². The van der Waals surface area contributed by atoms with Crippen molar-refractivity contribution in [2.45, 2.75) is 0 Å². The predicted octanol–water partition coefficient (Wildman–Crippen LogP) is 5.27. The Hall–Kier alpha value is -1.48. The summed E-state index contributed by atoms with van der Waals surface area (Å²) in [5, 5.41) is 10.6. The van der Waals surface area contributed by atoms with Crippen LogP contribution in [0, 0.1) is 0 Å². The van der Waals surface area contributed by atoms with Crippen LogP contribution in [0.15, 0.2) is 42.5 Å². The molecule has 5 heteroatoms.